The van der Waals surface area contributed by atoms with Crippen LogP contribution in [0.5, 0.6) is 0 Å². The lowest BCUT2D eigenvalue weighted by atomic mass is 9.71. The fraction of sp³-hybridized carbons (Fsp3) is 0.714. The van der Waals surface area contributed by atoms with Gasteiger partial charge in [0.15, 0.2) is 0 Å². The number of rotatable bonds is 0. The highest BCUT2D eigenvalue weighted by atomic mass is 35.5. The third-order valence-corrected chi connectivity index (χ3v) is 5.23. The van der Waals surface area contributed by atoms with Gasteiger partial charge >= 0.3 is 0 Å². The first-order chi connectivity index (χ1) is 7.95. The SMILES string of the molecule is CC1=C2OC3(CCC3)CCC2C=C(O)C1(C)Cl. The highest BCUT2D eigenvalue weighted by Gasteiger charge is 2.48. The second-order valence-electron chi connectivity index (χ2n) is 5.83. The fourth-order valence-corrected chi connectivity index (χ4v) is 3.27. The van der Waals surface area contributed by atoms with Gasteiger partial charge in [-0.3, -0.25) is 0 Å². The molecule has 2 fully saturated rings. The van der Waals surface area contributed by atoms with E-state index in [1.54, 1.807) is 0 Å². The quantitative estimate of drug-likeness (QED) is 0.661. The van der Waals surface area contributed by atoms with Crippen molar-refractivity contribution >= 4 is 11.6 Å². The molecule has 0 amide bonds. The lowest BCUT2D eigenvalue weighted by Crippen LogP contribution is -2.46. The number of allylic oxidation sites excluding steroid dienone is 2. The Morgan fingerprint density at radius 2 is 2.12 bits per heavy atom. The summed E-state index contributed by atoms with van der Waals surface area (Å²) in [6, 6.07) is 0. The molecule has 3 heteroatoms. The summed E-state index contributed by atoms with van der Waals surface area (Å²) in [5, 5.41) is 9.99. The summed E-state index contributed by atoms with van der Waals surface area (Å²) >= 11 is 6.39. The van der Waals surface area contributed by atoms with E-state index in [0.717, 1.165) is 24.2 Å². The molecule has 3 rings (SSSR count). The van der Waals surface area contributed by atoms with Crippen LogP contribution in [-0.2, 0) is 4.74 Å². The maximum absolute atomic E-state index is 9.99. The third-order valence-electron chi connectivity index (χ3n) is 4.75. The van der Waals surface area contributed by atoms with Crippen molar-refractivity contribution in [2.45, 2.75) is 56.4 Å². The van der Waals surface area contributed by atoms with Crippen molar-refractivity contribution in [3.05, 3.63) is 23.2 Å². The summed E-state index contributed by atoms with van der Waals surface area (Å²) < 4.78 is 6.25. The molecule has 3 aliphatic rings. The number of aliphatic hydroxyl groups is 1. The number of fused-ring (bicyclic) bond motifs is 1. The number of aliphatic hydroxyl groups excluding tert-OH is 1. The normalized spacial score (nSPS) is 39.2. The molecule has 0 aromatic carbocycles. The summed E-state index contributed by atoms with van der Waals surface area (Å²) in [7, 11) is 0. The molecule has 1 aliphatic heterocycles. The van der Waals surface area contributed by atoms with E-state index >= 15 is 0 Å². The van der Waals surface area contributed by atoms with Crippen molar-refractivity contribution in [3.63, 3.8) is 0 Å². The zero-order valence-corrected chi connectivity index (χ0v) is 11.2. The molecule has 17 heavy (non-hydrogen) atoms. The molecule has 1 N–H and O–H groups in total. The van der Waals surface area contributed by atoms with Crippen molar-refractivity contribution in [1.29, 1.82) is 0 Å². The summed E-state index contributed by atoms with van der Waals surface area (Å²) in [6.07, 6.45) is 7.68. The first-order valence-electron chi connectivity index (χ1n) is 6.45. The van der Waals surface area contributed by atoms with Crippen molar-refractivity contribution < 1.29 is 9.84 Å². The molecule has 0 aromatic rings. The van der Waals surface area contributed by atoms with Gasteiger partial charge in [0.2, 0.25) is 0 Å². The van der Waals surface area contributed by atoms with Gasteiger partial charge < -0.3 is 9.84 Å². The van der Waals surface area contributed by atoms with Crippen molar-refractivity contribution in [1.82, 2.24) is 0 Å². The standard InChI is InChI=1S/C14H19ClO2/c1-9-12-10(8-11(16)13(9,2)15)4-7-14(17-12)5-3-6-14/h8,10,16H,3-7H2,1-2H3. The van der Waals surface area contributed by atoms with Gasteiger partial charge in [-0.2, -0.15) is 0 Å². The van der Waals surface area contributed by atoms with Crippen LogP contribution in [0.3, 0.4) is 0 Å². The van der Waals surface area contributed by atoms with E-state index in [-0.39, 0.29) is 17.3 Å². The van der Waals surface area contributed by atoms with Crippen LogP contribution in [-0.4, -0.2) is 15.6 Å². The Labute approximate surface area is 107 Å². The van der Waals surface area contributed by atoms with Gasteiger partial charge in [0.25, 0.3) is 0 Å². The van der Waals surface area contributed by atoms with Crippen molar-refractivity contribution in [3.8, 4) is 0 Å². The molecular weight excluding hydrogens is 236 g/mol. The highest BCUT2D eigenvalue weighted by Crippen LogP contribution is 2.52. The topological polar surface area (TPSA) is 29.5 Å². The first kappa shape index (κ1) is 11.5. The molecule has 1 heterocycles. The molecule has 1 spiro atoms. The molecule has 0 aromatic heterocycles. The van der Waals surface area contributed by atoms with E-state index in [1.165, 1.54) is 19.3 Å². The van der Waals surface area contributed by atoms with Gasteiger partial charge in [-0.05, 0) is 57.6 Å². The monoisotopic (exact) mass is 254 g/mol. The molecule has 2 atom stereocenters. The summed E-state index contributed by atoms with van der Waals surface area (Å²) in [4.78, 5) is -0.784. The highest BCUT2D eigenvalue weighted by molar-refractivity contribution is 6.27. The number of ether oxygens (including phenoxy) is 1. The smallest absolute Gasteiger partial charge is 0.122 e. The van der Waals surface area contributed by atoms with Gasteiger partial charge in [-0.1, -0.05) is 0 Å². The maximum Gasteiger partial charge on any atom is 0.122 e. The number of alkyl halides is 1. The second-order valence-corrected chi connectivity index (χ2v) is 6.58. The Balaban J connectivity index is 1.96. The van der Waals surface area contributed by atoms with Crippen LogP contribution in [0.1, 0.15) is 46.0 Å². The summed E-state index contributed by atoms with van der Waals surface area (Å²) in [5.41, 5.74) is 1.08. The minimum absolute atomic E-state index is 0.0981. The van der Waals surface area contributed by atoms with E-state index in [4.69, 9.17) is 16.3 Å². The fourth-order valence-electron chi connectivity index (χ4n) is 3.12. The van der Waals surface area contributed by atoms with Gasteiger partial charge in [-0.25, -0.2) is 0 Å². The van der Waals surface area contributed by atoms with Crippen LogP contribution >= 0.6 is 11.6 Å². The molecule has 0 radical (unpaired) electrons. The Bertz CT molecular complexity index is 416. The number of hydrogen-bond acceptors (Lipinski definition) is 2. The Morgan fingerprint density at radius 3 is 2.71 bits per heavy atom. The van der Waals surface area contributed by atoms with Crippen LogP contribution in [0.2, 0.25) is 0 Å². The Hall–Kier alpha value is -0.630. The molecule has 2 aliphatic carbocycles. The number of halogens is 1. The van der Waals surface area contributed by atoms with E-state index in [2.05, 4.69) is 0 Å². The van der Waals surface area contributed by atoms with Crippen molar-refractivity contribution in [2.75, 3.05) is 0 Å². The van der Waals surface area contributed by atoms with Crippen LogP contribution in [0.4, 0.5) is 0 Å². The molecule has 1 saturated carbocycles. The molecular formula is C14H19ClO2. The zero-order chi connectivity index (χ0) is 12.3. The molecule has 0 bridgehead atoms. The van der Waals surface area contributed by atoms with Gasteiger partial charge in [0.05, 0.1) is 0 Å². The van der Waals surface area contributed by atoms with E-state index in [9.17, 15) is 5.11 Å². The van der Waals surface area contributed by atoms with E-state index in [1.807, 2.05) is 19.9 Å². The van der Waals surface area contributed by atoms with E-state index < -0.39 is 4.87 Å². The molecule has 2 nitrogen and oxygen atoms in total. The second kappa shape index (κ2) is 3.44. The lowest BCUT2D eigenvalue weighted by Gasteiger charge is -2.49. The molecule has 94 valence electrons. The zero-order valence-electron chi connectivity index (χ0n) is 10.4. The Kier molecular flexibility index (Phi) is 2.32. The summed E-state index contributed by atoms with van der Waals surface area (Å²) in [5.74, 6) is 1.53. The van der Waals surface area contributed by atoms with Crippen LogP contribution < -0.4 is 0 Å². The van der Waals surface area contributed by atoms with Gasteiger partial charge in [-0.15, -0.1) is 11.6 Å². The number of hydrogen-bond donors (Lipinski definition) is 1. The first-order valence-corrected chi connectivity index (χ1v) is 6.83. The average Bonchev–Trinajstić information content (AvgIpc) is 2.25. The van der Waals surface area contributed by atoms with Gasteiger partial charge in [0.1, 0.15) is 22.0 Å². The van der Waals surface area contributed by atoms with Crippen LogP contribution in [0.25, 0.3) is 0 Å². The largest absolute Gasteiger partial charge is 0.510 e. The minimum Gasteiger partial charge on any atom is -0.510 e. The summed E-state index contributed by atoms with van der Waals surface area (Å²) in [6.45, 7) is 3.82. The third kappa shape index (κ3) is 1.53. The Morgan fingerprint density at radius 1 is 1.41 bits per heavy atom. The predicted molar refractivity (Wildman–Crippen MR) is 68.1 cm³/mol. The van der Waals surface area contributed by atoms with Crippen molar-refractivity contribution in [2.24, 2.45) is 5.92 Å². The minimum atomic E-state index is -0.784. The van der Waals surface area contributed by atoms with Crippen LogP contribution in [0.15, 0.2) is 23.2 Å². The lowest BCUT2D eigenvalue weighted by molar-refractivity contribution is -0.102. The predicted octanol–water partition coefficient (Wildman–Crippen LogP) is 4.06. The molecule has 1 saturated heterocycles. The average molecular weight is 255 g/mol. The van der Waals surface area contributed by atoms with Crippen LogP contribution in [0, 0.1) is 5.92 Å². The van der Waals surface area contributed by atoms with Gasteiger partial charge in [0, 0.05) is 5.92 Å². The molecule has 2 unspecified atom stereocenters. The van der Waals surface area contributed by atoms with E-state index in [0.29, 0.717) is 0 Å². The maximum atomic E-state index is 9.99.